The molecule has 0 bridgehead atoms. The number of carbonyl (C=O) groups is 1. The molecule has 1 heterocycles. The fourth-order valence-corrected chi connectivity index (χ4v) is 2.90. The Balaban J connectivity index is 2.51. The van der Waals surface area contributed by atoms with E-state index >= 15 is 0 Å². The second-order valence-corrected chi connectivity index (χ2v) is 6.93. The van der Waals surface area contributed by atoms with E-state index in [2.05, 4.69) is 0 Å². The number of aromatic hydroxyl groups is 1. The number of phenols is 1. The van der Waals surface area contributed by atoms with Crippen molar-refractivity contribution in [2.24, 2.45) is 0 Å². The minimum Gasteiger partial charge on any atom is -0.508 e. The van der Waals surface area contributed by atoms with Crippen molar-refractivity contribution < 1.29 is 24.1 Å². The fourth-order valence-electron chi connectivity index (χ4n) is 2.90. The predicted octanol–water partition coefficient (Wildman–Crippen LogP) is 3.03. The number of benzene rings is 1. The molecule has 1 aliphatic rings. The number of carbonyl (C=O) groups excluding carboxylic acids is 1. The van der Waals surface area contributed by atoms with Gasteiger partial charge >= 0.3 is 0 Å². The van der Waals surface area contributed by atoms with Gasteiger partial charge in [-0.3, -0.25) is 4.79 Å². The van der Waals surface area contributed by atoms with Crippen molar-refractivity contribution in [3.8, 4) is 11.5 Å². The molecule has 0 saturated carbocycles. The molecular weight excluding hydrogens is 284 g/mol. The highest BCUT2D eigenvalue weighted by molar-refractivity contribution is 6.01. The van der Waals surface area contributed by atoms with Gasteiger partial charge in [-0.05, 0) is 24.5 Å². The summed E-state index contributed by atoms with van der Waals surface area (Å²) in [6.07, 6.45) is -0.530. The molecule has 1 atom stereocenters. The van der Waals surface area contributed by atoms with Gasteiger partial charge in [0.2, 0.25) is 0 Å². The number of rotatable bonds is 3. The molecule has 0 spiro atoms. The third-order valence-electron chi connectivity index (χ3n) is 3.99. The minimum atomic E-state index is -0.903. The van der Waals surface area contributed by atoms with Crippen LogP contribution in [0.1, 0.15) is 50.0 Å². The molecule has 0 radical (unpaired) electrons. The SMILES string of the molecule is COC(OC)C1(C)CC(=O)c2cc(O)c(C(C)(C)C)cc2O1. The molecule has 122 valence electrons. The number of phenolic OH excluding ortho intramolecular Hbond substituents is 1. The van der Waals surface area contributed by atoms with Gasteiger partial charge in [-0.25, -0.2) is 0 Å². The van der Waals surface area contributed by atoms with E-state index in [0.717, 1.165) is 5.56 Å². The Morgan fingerprint density at radius 1 is 1.27 bits per heavy atom. The van der Waals surface area contributed by atoms with Gasteiger partial charge in [-0.1, -0.05) is 20.8 Å². The average molecular weight is 308 g/mol. The molecule has 1 aromatic carbocycles. The molecule has 5 heteroatoms. The van der Waals surface area contributed by atoms with Crippen molar-refractivity contribution in [3.05, 3.63) is 23.3 Å². The molecule has 5 nitrogen and oxygen atoms in total. The van der Waals surface area contributed by atoms with Gasteiger partial charge in [0, 0.05) is 19.8 Å². The first kappa shape index (κ1) is 16.8. The molecule has 0 amide bonds. The first-order valence-electron chi connectivity index (χ1n) is 7.27. The maximum absolute atomic E-state index is 12.4. The summed E-state index contributed by atoms with van der Waals surface area (Å²) in [7, 11) is 3.03. The number of ketones is 1. The Labute approximate surface area is 131 Å². The zero-order valence-corrected chi connectivity index (χ0v) is 14.0. The van der Waals surface area contributed by atoms with Crippen molar-refractivity contribution in [2.45, 2.75) is 51.4 Å². The van der Waals surface area contributed by atoms with E-state index in [1.54, 1.807) is 13.0 Å². The van der Waals surface area contributed by atoms with Gasteiger partial charge in [0.25, 0.3) is 0 Å². The standard InChI is InChI=1S/C17H24O5/c1-16(2,3)11-8-14-10(7-12(11)18)13(19)9-17(4,22-14)15(20-5)21-6/h7-8,15,18H,9H2,1-6H3. The van der Waals surface area contributed by atoms with Crippen molar-refractivity contribution in [2.75, 3.05) is 14.2 Å². The monoisotopic (exact) mass is 308 g/mol. The smallest absolute Gasteiger partial charge is 0.197 e. The van der Waals surface area contributed by atoms with E-state index in [9.17, 15) is 9.90 Å². The lowest BCUT2D eigenvalue weighted by Crippen LogP contribution is -2.50. The summed E-state index contributed by atoms with van der Waals surface area (Å²) in [4.78, 5) is 12.4. The van der Waals surface area contributed by atoms with Crippen molar-refractivity contribution in [1.82, 2.24) is 0 Å². The van der Waals surface area contributed by atoms with E-state index in [4.69, 9.17) is 14.2 Å². The van der Waals surface area contributed by atoms with Crippen LogP contribution in [-0.2, 0) is 14.9 Å². The van der Waals surface area contributed by atoms with Crippen LogP contribution in [0.15, 0.2) is 12.1 Å². The van der Waals surface area contributed by atoms with Gasteiger partial charge in [0.1, 0.15) is 11.5 Å². The topological polar surface area (TPSA) is 65.0 Å². The number of hydrogen-bond donors (Lipinski definition) is 1. The highest BCUT2D eigenvalue weighted by Crippen LogP contribution is 2.42. The summed E-state index contributed by atoms with van der Waals surface area (Å²) in [5, 5.41) is 10.2. The Hall–Kier alpha value is -1.59. The molecule has 2 rings (SSSR count). The van der Waals surface area contributed by atoms with E-state index in [1.165, 1.54) is 20.3 Å². The highest BCUT2D eigenvalue weighted by atomic mass is 16.7. The molecule has 0 fully saturated rings. The Morgan fingerprint density at radius 3 is 2.36 bits per heavy atom. The van der Waals surface area contributed by atoms with Crippen LogP contribution < -0.4 is 4.74 Å². The first-order chi connectivity index (χ1) is 10.1. The third-order valence-corrected chi connectivity index (χ3v) is 3.99. The Morgan fingerprint density at radius 2 is 1.86 bits per heavy atom. The molecule has 1 aromatic rings. The number of fused-ring (bicyclic) bond motifs is 1. The minimum absolute atomic E-state index is 0.0985. The second-order valence-electron chi connectivity index (χ2n) is 6.93. The number of hydrogen-bond acceptors (Lipinski definition) is 5. The second kappa shape index (κ2) is 5.56. The van der Waals surface area contributed by atoms with E-state index in [0.29, 0.717) is 11.3 Å². The quantitative estimate of drug-likeness (QED) is 0.870. The van der Waals surface area contributed by atoms with Gasteiger partial charge in [0.15, 0.2) is 17.7 Å². The summed E-state index contributed by atoms with van der Waals surface area (Å²) in [6.45, 7) is 7.76. The average Bonchev–Trinajstić information content (AvgIpc) is 2.39. The molecule has 0 saturated heterocycles. The van der Waals surface area contributed by atoms with Crippen molar-refractivity contribution in [3.63, 3.8) is 0 Å². The van der Waals surface area contributed by atoms with Crippen LogP contribution >= 0.6 is 0 Å². The zero-order chi connectivity index (χ0) is 16.7. The molecule has 0 aromatic heterocycles. The van der Waals surface area contributed by atoms with Crippen LogP contribution in [-0.4, -0.2) is 37.0 Å². The molecular formula is C17H24O5. The van der Waals surface area contributed by atoms with Gasteiger partial charge in [-0.2, -0.15) is 0 Å². The third kappa shape index (κ3) is 2.83. The molecule has 1 aliphatic heterocycles. The summed E-state index contributed by atoms with van der Waals surface area (Å²) < 4.78 is 16.6. The lowest BCUT2D eigenvalue weighted by Gasteiger charge is -2.39. The summed E-state index contributed by atoms with van der Waals surface area (Å²) in [6, 6.07) is 3.23. The van der Waals surface area contributed by atoms with Crippen LogP contribution in [0.2, 0.25) is 0 Å². The zero-order valence-electron chi connectivity index (χ0n) is 14.0. The van der Waals surface area contributed by atoms with Crippen LogP contribution in [0.3, 0.4) is 0 Å². The van der Waals surface area contributed by atoms with Crippen LogP contribution in [0, 0.1) is 0 Å². The van der Waals surface area contributed by atoms with Gasteiger partial charge in [0.05, 0.1) is 12.0 Å². The van der Waals surface area contributed by atoms with Gasteiger partial charge < -0.3 is 19.3 Å². The largest absolute Gasteiger partial charge is 0.508 e. The predicted molar refractivity (Wildman–Crippen MR) is 82.6 cm³/mol. The highest BCUT2D eigenvalue weighted by Gasteiger charge is 2.44. The number of methoxy groups -OCH3 is 2. The van der Waals surface area contributed by atoms with E-state index < -0.39 is 11.9 Å². The Bertz CT molecular complexity index is 583. The number of Topliss-reactive ketones (excluding diaryl/α,β-unsaturated/α-hetero) is 1. The van der Waals surface area contributed by atoms with Crippen molar-refractivity contribution in [1.29, 1.82) is 0 Å². The maximum Gasteiger partial charge on any atom is 0.197 e. The Kier molecular flexibility index (Phi) is 4.24. The van der Waals surface area contributed by atoms with Crippen LogP contribution in [0.25, 0.3) is 0 Å². The van der Waals surface area contributed by atoms with Gasteiger partial charge in [-0.15, -0.1) is 0 Å². The lowest BCUT2D eigenvalue weighted by molar-refractivity contribution is -0.197. The summed E-state index contributed by atoms with van der Waals surface area (Å²) >= 11 is 0. The lowest BCUT2D eigenvalue weighted by atomic mass is 9.83. The van der Waals surface area contributed by atoms with E-state index in [1.807, 2.05) is 20.8 Å². The normalized spacial score (nSPS) is 21.7. The van der Waals surface area contributed by atoms with E-state index in [-0.39, 0.29) is 23.4 Å². The number of ether oxygens (including phenoxy) is 3. The molecule has 1 N–H and O–H groups in total. The maximum atomic E-state index is 12.4. The van der Waals surface area contributed by atoms with Crippen molar-refractivity contribution >= 4 is 5.78 Å². The van der Waals surface area contributed by atoms with Crippen LogP contribution in [0.4, 0.5) is 0 Å². The first-order valence-corrected chi connectivity index (χ1v) is 7.27. The molecule has 0 aliphatic carbocycles. The molecule has 1 unspecified atom stereocenters. The molecule has 22 heavy (non-hydrogen) atoms. The van der Waals surface area contributed by atoms with Crippen LogP contribution in [0.5, 0.6) is 11.5 Å². The summed E-state index contributed by atoms with van der Waals surface area (Å²) in [5.74, 6) is 0.473. The summed E-state index contributed by atoms with van der Waals surface area (Å²) in [5.41, 5.74) is -0.0373. The fraction of sp³-hybridized carbons (Fsp3) is 0.588.